The van der Waals surface area contributed by atoms with E-state index in [1.165, 1.54) is 11.3 Å². The summed E-state index contributed by atoms with van der Waals surface area (Å²) in [4.78, 5) is 6.75. The lowest BCUT2D eigenvalue weighted by Gasteiger charge is -2.21. The van der Waals surface area contributed by atoms with Gasteiger partial charge in [0.15, 0.2) is 0 Å². The van der Waals surface area contributed by atoms with Crippen LogP contribution in [0.3, 0.4) is 0 Å². The Bertz CT molecular complexity index is 770. The zero-order valence-electron chi connectivity index (χ0n) is 14.1. The summed E-state index contributed by atoms with van der Waals surface area (Å²) in [6.07, 6.45) is 1.85. The molecule has 1 heterocycles. The smallest absolute Gasteiger partial charge is 0.0955 e. The number of hydrogen-bond donors (Lipinski definition) is 1. The van der Waals surface area contributed by atoms with Crippen LogP contribution in [0.2, 0.25) is 0 Å². The Labute approximate surface area is 137 Å². The van der Waals surface area contributed by atoms with Crippen molar-refractivity contribution in [1.82, 2.24) is 9.55 Å². The van der Waals surface area contributed by atoms with Crippen molar-refractivity contribution in [2.75, 3.05) is 23.3 Å². The number of benzene rings is 2. The fourth-order valence-corrected chi connectivity index (χ4v) is 2.86. The summed E-state index contributed by atoms with van der Waals surface area (Å²) < 4.78 is 2.03. The molecule has 0 saturated heterocycles. The van der Waals surface area contributed by atoms with Crippen LogP contribution in [-0.4, -0.2) is 22.6 Å². The maximum atomic E-state index is 4.40. The predicted octanol–water partition coefficient (Wildman–Crippen LogP) is 4.03. The van der Waals surface area contributed by atoms with E-state index in [0.29, 0.717) is 0 Å². The lowest BCUT2D eigenvalue weighted by Crippen LogP contribution is -2.21. The molecule has 0 spiro atoms. The van der Waals surface area contributed by atoms with E-state index < -0.39 is 0 Å². The van der Waals surface area contributed by atoms with Gasteiger partial charge in [-0.2, -0.15) is 0 Å². The normalized spacial score (nSPS) is 10.9. The summed E-state index contributed by atoms with van der Waals surface area (Å²) in [6, 6.07) is 15.1. The Morgan fingerprint density at radius 1 is 1.04 bits per heavy atom. The Balaban J connectivity index is 1.67. The van der Waals surface area contributed by atoms with Gasteiger partial charge in [0.2, 0.25) is 0 Å². The van der Waals surface area contributed by atoms with Crippen molar-refractivity contribution < 1.29 is 0 Å². The number of aryl methyl sites for hydroxylation is 1. The lowest BCUT2D eigenvalue weighted by molar-refractivity contribution is 0.865. The van der Waals surface area contributed by atoms with Gasteiger partial charge < -0.3 is 14.8 Å². The van der Waals surface area contributed by atoms with Crippen LogP contribution in [0, 0.1) is 0 Å². The van der Waals surface area contributed by atoms with E-state index >= 15 is 0 Å². The Morgan fingerprint density at radius 3 is 2.48 bits per heavy atom. The van der Waals surface area contributed by atoms with Gasteiger partial charge in [-0.1, -0.05) is 12.1 Å². The molecule has 3 rings (SSSR count). The first-order valence-electron chi connectivity index (χ1n) is 8.20. The first-order chi connectivity index (χ1) is 11.2. The molecule has 0 unspecified atom stereocenters. The molecule has 0 saturated carbocycles. The lowest BCUT2D eigenvalue weighted by atomic mass is 10.2. The minimum Gasteiger partial charge on any atom is -0.381 e. The van der Waals surface area contributed by atoms with Gasteiger partial charge in [-0.25, -0.2) is 4.98 Å². The first-order valence-corrected chi connectivity index (χ1v) is 8.20. The third kappa shape index (κ3) is 3.31. The molecular formula is C19H24N4. The number of imidazole rings is 1. The highest BCUT2D eigenvalue weighted by Gasteiger charge is 2.03. The highest BCUT2D eigenvalue weighted by atomic mass is 15.1. The molecule has 23 heavy (non-hydrogen) atoms. The number of rotatable bonds is 6. The third-order valence-corrected chi connectivity index (χ3v) is 4.29. The van der Waals surface area contributed by atoms with Gasteiger partial charge in [0, 0.05) is 38.1 Å². The molecule has 0 fully saturated rings. The van der Waals surface area contributed by atoms with Gasteiger partial charge in [0.1, 0.15) is 0 Å². The number of nitrogens with one attached hydrogen (secondary N) is 1. The Kier molecular flexibility index (Phi) is 4.51. The summed E-state index contributed by atoms with van der Waals surface area (Å²) in [5, 5.41) is 3.48. The molecule has 0 aliphatic carbocycles. The zero-order chi connectivity index (χ0) is 16.2. The molecule has 0 amide bonds. The summed E-state index contributed by atoms with van der Waals surface area (Å²) in [5.74, 6) is 0. The fraction of sp³-hybridized carbons (Fsp3) is 0.316. The summed E-state index contributed by atoms with van der Waals surface area (Å²) in [6.45, 7) is 7.27. The Morgan fingerprint density at radius 2 is 1.78 bits per heavy atom. The molecule has 1 N–H and O–H groups in total. The van der Waals surface area contributed by atoms with Crippen molar-refractivity contribution in [3.05, 3.63) is 54.4 Å². The monoisotopic (exact) mass is 308 g/mol. The van der Waals surface area contributed by atoms with Crippen molar-refractivity contribution in [3.8, 4) is 0 Å². The summed E-state index contributed by atoms with van der Waals surface area (Å²) in [7, 11) is 2.01. The highest BCUT2D eigenvalue weighted by Crippen LogP contribution is 2.19. The zero-order valence-corrected chi connectivity index (χ0v) is 14.1. The molecule has 2 aromatic carbocycles. The van der Waals surface area contributed by atoms with Crippen molar-refractivity contribution in [2.24, 2.45) is 7.05 Å². The molecule has 120 valence electrons. The molecule has 0 aliphatic rings. The van der Waals surface area contributed by atoms with Crippen LogP contribution in [0.1, 0.15) is 19.4 Å². The SMILES string of the molecule is CCN(CC)c1ccc(CNc2ccc3c(c2)ncn3C)cc1. The largest absolute Gasteiger partial charge is 0.381 e. The number of fused-ring (bicyclic) bond motifs is 1. The van der Waals surface area contributed by atoms with Gasteiger partial charge in [-0.05, 0) is 49.7 Å². The van der Waals surface area contributed by atoms with E-state index in [2.05, 4.69) is 71.5 Å². The average molecular weight is 308 g/mol. The third-order valence-electron chi connectivity index (χ3n) is 4.29. The topological polar surface area (TPSA) is 33.1 Å². The van der Waals surface area contributed by atoms with Gasteiger partial charge >= 0.3 is 0 Å². The van der Waals surface area contributed by atoms with E-state index in [9.17, 15) is 0 Å². The van der Waals surface area contributed by atoms with E-state index in [4.69, 9.17) is 0 Å². The second-order valence-electron chi connectivity index (χ2n) is 5.75. The molecule has 1 aromatic heterocycles. The summed E-state index contributed by atoms with van der Waals surface area (Å²) in [5.41, 5.74) is 5.84. The predicted molar refractivity (Wildman–Crippen MR) is 98.0 cm³/mol. The summed E-state index contributed by atoms with van der Waals surface area (Å²) >= 11 is 0. The van der Waals surface area contributed by atoms with Crippen LogP contribution in [0.15, 0.2) is 48.8 Å². The van der Waals surface area contributed by atoms with Crippen LogP contribution in [0.4, 0.5) is 11.4 Å². The van der Waals surface area contributed by atoms with E-state index in [0.717, 1.165) is 36.4 Å². The second kappa shape index (κ2) is 6.73. The molecule has 0 atom stereocenters. The molecule has 4 heteroatoms. The van der Waals surface area contributed by atoms with Crippen LogP contribution in [-0.2, 0) is 13.6 Å². The van der Waals surface area contributed by atoms with Crippen LogP contribution < -0.4 is 10.2 Å². The maximum absolute atomic E-state index is 4.40. The fourth-order valence-electron chi connectivity index (χ4n) is 2.86. The minimum atomic E-state index is 0.816. The number of aromatic nitrogens is 2. The molecule has 0 radical (unpaired) electrons. The molecule has 0 aliphatic heterocycles. The average Bonchev–Trinajstić information content (AvgIpc) is 2.96. The first kappa shape index (κ1) is 15.4. The quantitative estimate of drug-likeness (QED) is 0.746. The van der Waals surface area contributed by atoms with Crippen LogP contribution in [0.25, 0.3) is 11.0 Å². The minimum absolute atomic E-state index is 0.816. The van der Waals surface area contributed by atoms with Crippen molar-refractivity contribution >= 4 is 22.4 Å². The number of nitrogens with zero attached hydrogens (tertiary/aromatic N) is 3. The highest BCUT2D eigenvalue weighted by molar-refractivity contribution is 5.79. The van der Waals surface area contributed by atoms with Crippen LogP contribution in [0.5, 0.6) is 0 Å². The van der Waals surface area contributed by atoms with Crippen molar-refractivity contribution in [3.63, 3.8) is 0 Å². The van der Waals surface area contributed by atoms with Gasteiger partial charge in [-0.3, -0.25) is 0 Å². The number of anilines is 2. The second-order valence-corrected chi connectivity index (χ2v) is 5.75. The van der Waals surface area contributed by atoms with E-state index in [1.54, 1.807) is 0 Å². The molecule has 3 aromatic rings. The molecule has 0 bridgehead atoms. The number of hydrogen-bond acceptors (Lipinski definition) is 3. The Hall–Kier alpha value is -2.49. The van der Waals surface area contributed by atoms with Crippen molar-refractivity contribution in [2.45, 2.75) is 20.4 Å². The van der Waals surface area contributed by atoms with Crippen LogP contribution >= 0.6 is 0 Å². The molecule has 4 nitrogen and oxygen atoms in total. The van der Waals surface area contributed by atoms with Gasteiger partial charge in [0.05, 0.1) is 17.4 Å². The molecular weight excluding hydrogens is 284 g/mol. The maximum Gasteiger partial charge on any atom is 0.0955 e. The van der Waals surface area contributed by atoms with Gasteiger partial charge in [0.25, 0.3) is 0 Å². The van der Waals surface area contributed by atoms with E-state index in [-0.39, 0.29) is 0 Å². The van der Waals surface area contributed by atoms with Crippen molar-refractivity contribution in [1.29, 1.82) is 0 Å². The standard InChI is InChI=1S/C19H24N4/c1-4-23(5-2)17-9-6-15(7-10-17)13-20-16-8-11-19-18(12-16)21-14-22(19)3/h6-12,14,20H,4-5,13H2,1-3H3. The van der Waals surface area contributed by atoms with Gasteiger partial charge in [-0.15, -0.1) is 0 Å². The van der Waals surface area contributed by atoms with E-state index in [1.807, 2.05) is 17.9 Å².